The van der Waals surface area contributed by atoms with Crippen LogP contribution in [0.15, 0.2) is 0 Å². The lowest BCUT2D eigenvalue weighted by Gasteiger charge is -2.29. The topological polar surface area (TPSA) is 32.3 Å². The smallest absolute Gasteiger partial charge is 0.222 e. The number of nitrogens with one attached hydrogen (secondary N) is 1. The molecule has 3 unspecified atom stereocenters. The molecule has 3 heteroatoms. The van der Waals surface area contributed by atoms with E-state index < -0.39 is 0 Å². The standard InChI is InChI=1S/C15H26N2O/c1-2-11-5-6-17(10-11)15(18)9-12-7-13-3-4-14(8-12)16-13/h11-14,16H,2-10H2,1H3. The lowest BCUT2D eigenvalue weighted by atomic mass is 9.89. The van der Waals surface area contributed by atoms with Crippen LogP contribution in [0, 0.1) is 11.8 Å². The SMILES string of the molecule is CCC1CCN(C(=O)CC2CC3CCC(C2)N3)C1. The Kier molecular flexibility index (Phi) is 3.60. The van der Waals surface area contributed by atoms with Crippen LogP contribution in [0.25, 0.3) is 0 Å². The Morgan fingerprint density at radius 1 is 1.17 bits per heavy atom. The molecule has 3 nitrogen and oxygen atoms in total. The summed E-state index contributed by atoms with van der Waals surface area (Å²) in [5, 5.41) is 3.65. The molecule has 3 rings (SSSR count). The van der Waals surface area contributed by atoms with Crippen molar-refractivity contribution in [2.45, 2.75) is 64.0 Å². The van der Waals surface area contributed by atoms with Crippen molar-refractivity contribution >= 4 is 5.91 Å². The fraction of sp³-hybridized carbons (Fsp3) is 0.933. The molecule has 0 spiro atoms. The minimum Gasteiger partial charge on any atom is -0.342 e. The number of piperidine rings is 1. The summed E-state index contributed by atoms with van der Waals surface area (Å²) in [6, 6.07) is 1.42. The summed E-state index contributed by atoms with van der Waals surface area (Å²) in [5.41, 5.74) is 0. The molecule has 3 fully saturated rings. The number of amides is 1. The average molecular weight is 250 g/mol. The first-order valence-corrected chi connectivity index (χ1v) is 7.78. The van der Waals surface area contributed by atoms with Crippen LogP contribution in [0.5, 0.6) is 0 Å². The van der Waals surface area contributed by atoms with E-state index in [0.717, 1.165) is 25.4 Å². The summed E-state index contributed by atoms with van der Waals surface area (Å²) in [6.07, 6.45) is 8.38. The second-order valence-electron chi connectivity index (χ2n) is 6.58. The Labute approximate surface area is 110 Å². The maximum Gasteiger partial charge on any atom is 0.222 e. The maximum absolute atomic E-state index is 12.3. The van der Waals surface area contributed by atoms with Gasteiger partial charge in [0.2, 0.25) is 5.91 Å². The first-order valence-electron chi connectivity index (χ1n) is 7.78. The van der Waals surface area contributed by atoms with Gasteiger partial charge in [0.25, 0.3) is 0 Å². The van der Waals surface area contributed by atoms with Crippen molar-refractivity contribution in [2.75, 3.05) is 13.1 Å². The predicted molar refractivity (Wildman–Crippen MR) is 72.3 cm³/mol. The molecular formula is C15H26N2O. The Morgan fingerprint density at radius 3 is 2.50 bits per heavy atom. The van der Waals surface area contributed by atoms with E-state index in [-0.39, 0.29) is 0 Å². The summed E-state index contributed by atoms with van der Waals surface area (Å²) in [5.74, 6) is 1.84. The average Bonchev–Trinajstić information content (AvgIpc) is 2.96. The fourth-order valence-corrected chi connectivity index (χ4v) is 4.11. The zero-order valence-corrected chi connectivity index (χ0v) is 11.5. The number of hydrogen-bond acceptors (Lipinski definition) is 2. The number of carbonyl (C=O) groups is 1. The first-order chi connectivity index (χ1) is 8.74. The molecule has 3 atom stereocenters. The van der Waals surface area contributed by atoms with Crippen LogP contribution in [0.2, 0.25) is 0 Å². The van der Waals surface area contributed by atoms with Crippen molar-refractivity contribution in [3.05, 3.63) is 0 Å². The van der Waals surface area contributed by atoms with E-state index in [1.807, 2.05) is 0 Å². The van der Waals surface area contributed by atoms with Crippen LogP contribution in [0.1, 0.15) is 51.9 Å². The second-order valence-corrected chi connectivity index (χ2v) is 6.58. The van der Waals surface area contributed by atoms with E-state index in [1.165, 1.54) is 38.5 Å². The van der Waals surface area contributed by atoms with Gasteiger partial charge >= 0.3 is 0 Å². The quantitative estimate of drug-likeness (QED) is 0.832. The maximum atomic E-state index is 12.3. The zero-order chi connectivity index (χ0) is 12.5. The van der Waals surface area contributed by atoms with Gasteiger partial charge in [-0.1, -0.05) is 13.3 Å². The van der Waals surface area contributed by atoms with Crippen molar-refractivity contribution in [1.82, 2.24) is 10.2 Å². The third-order valence-electron chi connectivity index (χ3n) is 5.25. The van der Waals surface area contributed by atoms with Crippen LogP contribution < -0.4 is 5.32 Å². The largest absolute Gasteiger partial charge is 0.342 e. The predicted octanol–water partition coefficient (Wildman–Crippen LogP) is 2.17. The number of rotatable bonds is 3. The number of carbonyl (C=O) groups excluding carboxylic acids is 1. The molecule has 3 aliphatic rings. The molecule has 1 N–H and O–H groups in total. The fourth-order valence-electron chi connectivity index (χ4n) is 4.11. The van der Waals surface area contributed by atoms with E-state index in [9.17, 15) is 4.79 Å². The molecule has 0 aromatic heterocycles. The van der Waals surface area contributed by atoms with Gasteiger partial charge in [0.15, 0.2) is 0 Å². The Morgan fingerprint density at radius 2 is 1.89 bits per heavy atom. The Hall–Kier alpha value is -0.570. The van der Waals surface area contributed by atoms with Gasteiger partial charge in [0.05, 0.1) is 0 Å². The second kappa shape index (κ2) is 5.20. The van der Waals surface area contributed by atoms with Crippen LogP contribution in [0.3, 0.4) is 0 Å². The molecule has 3 saturated heterocycles. The lowest BCUT2D eigenvalue weighted by molar-refractivity contribution is -0.131. The molecule has 0 radical (unpaired) electrons. The monoisotopic (exact) mass is 250 g/mol. The van der Waals surface area contributed by atoms with Crippen LogP contribution in [-0.4, -0.2) is 36.0 Å². The molecule has 0 saturated carbocycles. The highest BCUT2D eigenvalue weighted by molar-refractivity contribution is 5.76. The van der Waals surface area contributed by atoms with Crippen molar-refractivity contribution in [1.29, 1.82) is 0 Å². The van der Waals surface area contributed by atoms with Gasteiger partial charge in [0, 0.05) is 31.6 Å². The minimum absolute atomic E-state index is 0.428. The summed E-state index contributed by atoms with van der Waals surface area (Å²) in [6.45, 7) is 4.27. The number of fused-ring (bicyclic) bond motifs is 2. The van der Waals surface area contributed by atoms with E-state index in [4.69, 9.17) is 0 Å². The van der Waals surface area contributed by atoms with Crippen LogP contribution in [0.4, 0.5) is 0 Å². The van der Waals surface area contributed by atoms with Gasteiger partial charge in [-0.2, -0.15) is 0 Å². The molecule has 3 aliphatic heterocycles. The third-order valence-corrected chi connectivity index (χ3v) is 5.25. The van der Waals surface area contributed by atoms with Gasteiger partial charge in [-0.15, -0.1) is 0 Å². The van der Waals surface area contributed by atoms with Crippen molar-refractivity contribution in [3.63, 3.8) is 0 Å². The molecule has 0 aliphatic carbocycles. The highest BCUT2D eigenvalue weighted by atomic mass is 16.2. The molecule has 1 amide bonds. The third kappa shape index (κ3) is 2.56. The highest BCUT2D eigenvalue weighted by Crippen LogP contribution is 2.33. The lowest BCUT2D eigenvalue weighted by Crippen LogP contribution is -2.40. The Balaban J connectivity index is 1.49. The number of hydrogen-bond donors (Lipinski definition) is 1. The molecule has 3 heterocycles. The van der Waals surface area contributed by atoms with Crippen molar-refractivity contribution < 1.29 is 4.79 Å². The van der Waals surface area contributed by atoms with Crippen molar-refractivity contribution in [3.8, 4) is 0 Å². The molecule has 0 aromatic rings. The summed E-state index contributed by atoms with van der Waals surface area (Å²) in [7, 11) is 0. The molecule has 2 bridgehead atoms. The summed E-state index contributed by atoms with van der Waals surface area (Å²) >= 11 is 0. The van der Waals surface area contributed by atoms with Gasteiger partial charge in [-0.05, 0) is 43.9 Å². The van der Waals surface area contributed by atoms with Gasteiger partial charge in [-0.3, -0.25) is 4.79 Å². The summed E-state index contributed by atoms with van der Waals surface area (Å²) in [4.78, 5) is 14.4. The van der Waals surface area contributed by atoms with Gasteiger partial charge in [-0.25, -0.2) is 0 Å². The van der Waals surface area contributed by atoms with Gasteiger partial charge in [0.1, 0.15) is 0 Å². The van der Waals surface area contributed by atoms with Gasteiger partial charge < -0.3 is 10.2 Å². The molecular weight excluding hydrogens is 224 g/mol. The number of likely N-dealkylation sites (tertiary alicyclic amines) is 1. The van der Waals surface area contributed by atoms with E-state index in [1.54, 1.807) is 0 Å². The van der Waals surface area contributed by atoms with Crippen LogP contribution in [-0.2, 0) is 4.79 Å². The van der Waals surface area contributed by atoms with E-state index in [0.29, 0.717) is 23.9 Å². The number of nitrogens with zero attached hydrogens (tertiary/aromatic N) is 1. The van der Waals surface area contributed by atoms with Crippen LogP contribution >= 0.6 is 0 Å². The zero-order valence-electron chi connectivity index (χ0n) is 11.5. The minimum atomic E-state index is 0.428. The Bertz CT molecular complexity index is 306. The normalized spacial score (nSPS) is 39.3. The summed E-state index contributed by atoms with van der Waals surface area (Å²) < 4.78 is 0. The first kappa shape index (κ1) is 12.5. The highest BCUT2D eigenvalue weighted by Gasteiger charge is 2.35. The van der Waals surface area contributed by atoms with E-state index >= 15 is 0 Å². The molecule has 102 valence electrons. The molecule has 18 heavy (non-hydrogen) atoms. The van der Waals surface area contributed by atoms with Crippen molar-refractivity contribution in [2.24, 2.45) is 11.8 Å². The van der Waals surface area contributed by atoms with E-state index in [2.05, 4.69) is 17.1 Å². The molecule has 0 aromatic carbocycles.